The van der Waals surface area contributed by atoms with Crippen molar-refractivity contribution in [1.82, 2.24) is 0 Å². The summed E-state index contributed by atoms with van der Waals surface area (Å²) in [6, 6.07) is 14.9. The number of ether oxygens (including phenoxy) is 2. The van der Waals surface area contributed by atoms with Crippen LogP contribution in [0.5, 0.6) is 5.75 Å². The Bertz CT molecular complexity index is 794. The van der Waals surface area contributed by atoms with Crippen molar-refractivity contribution in [2.75, 3.05) is 11.9 Å². The maximum absolute atomic E-state index is 12.1. The number of hydrogen-bond donors (Lipinski definition) is 1. The minimum atomic E-state index is -0.982. The van der Waals surface area contributed by atoms with Gasteiger partial charge in [0.15, 0.2) is 6.10 Å². The van der Waals surface area contributed by atoms with Gasteiger partial charge in [0, 0.05) is 5.69 Å². The predicted octanol–water partition coefficient (Wildman–Crippen LogP) is 3.14. The molecule has 1 N–H and O–H groups in total. The summed E-state index contributed by atoms with van der Waals surface area (Å²) in [4.78, 5) is 24.2. The number of rotatable bonds is 6. The highest BCUT2D eigenvalue weighted by Gasteiger charge is 2.19. The van der Waals surface area contributed by atoms with Gasteiger partial charge >= 0.3 is 5.97 Å². The lowest BCUT2D eigenvalue weighted by atomic mass is 10.1. The lowest BCUT2D eigenvalue weighted by molar-refractivity contribution is -0.123. The van der Waals surface area contributed by atoms with Gasteiger partial charge in [-0.15, -0.1) is 0 Å². The van der Waals surface area contributed by atoms with Crippen molar-refractivity contribution >= 4 is 17.6 Å². The predicted molar refractivity (Wildman–Crippen MR) is 92.3 cm³/mol. The fraction of sp³-hybridized carbons (Fsp3) is 0.211. The zero-order chi connectivity index (χ0) is 18.2. The van der Waals surface area contributed by atoms with E-state index in [-0.39, 0.29) is 5.56 Å². The summed E-state index contributed by atoms with van der Waals surface area (Å²) < 4.78 is 10.5. The second kappa shape index (κ2) is 8.50. The van der Waals surface area contributed by atoms with E-state index in [9.17, 15) is 9.59 Å². The fourth-order valence-electron chi connectivity index (χ4n) is 2.04. The van der Waals surface area contributed by atoms with E-state index in [1.807, 2.05) is 13.0 Å². The smallest absolute Gasteiger partial charge is 0.338 e. The van der Waals surface area contributed by atoms with Gasteiger partial charge in [0.05, 0.1) is 23.8 Å². The molecule has 0 bridgehead atoms. The van der Waals surface area contributed by atoms with Crippen molar-refractivity contribution in [3.05, 3.63) is 59.7 Å². The lowest BCUT2D eigenvalue weighted by Gasteiger charge is -2.14. The van der Waals surface area contributed by atoms with Gasteiger partial charge in [0.1, 0.15) is 5.75 Å². The molecule has 2 rings (SSSR count). The number of benzene rings is 2. The molecule has 2 aromatic carbocycles. The molecule has 0 aromatic heterocycles. The second-order valence-corrected chi connectivity index (χ2v) is 5.19. The summed E-state index contributed by atoms with van der Waals surface area (Å²) in [6.07, 6.45) is -0.982. The van der Waals surface area contributed by atoms with Crippen molar-refractivity contribution < 1.29 is 19.1 Å². The van der Waals surface area contributed by atoms with Gasteiger partial charge in [0.2, 0.25) is 0 Å². The van der Waals surface area contributed by atoms with Crippen LogP contribution in [0.2, 0.25) is 0 Å². The van der Waals surface area contributed by atoms with Gasteiger partial charge in [-0.1, -0.05) is 6.07 Å². The first-order valence-electron chi connectivity index (χ1n) is 7.78. The summed E-state index contributed by atoms with van der Waals surface area (Å²) in [5, 5.41) is 11.5. The molecule has 6 heteroatoms. The Morgan fingerprint density at radius 2 is 1.92 bits per heavy atom. The monoisotopic (exact) mass is 338 g/mol. The molecule has 0 aliphatic heterocycles. The van der Waals surface area contributed by atoms with Crippen LogP contribution < -0.4 is 10.1 Å². The van der Waals surface area contributed by atoms with Crippen LogP contribution >= 0.6 is 0 Å². The Balaban J connectivity index is 1.95. The third kappa shape index (κ3) is 5.08. The molecule has 0 aliphatic rings. The second-order valence-electron chi connectivity index (χ2n) is 5.19. The van der Waals surface area contributed by atoms with Crippen LogP contribution in [0.1, 0.15) is 29.8 Å². The molecule has 2 aromatic rings. The minimum absolute atomic E-state index is 0.222. The van der Waals surface area contributed by atoms with E-state index in [1.54, 1.807) is 36.4 Å². The van der Waals surface area contributed by atoms with Crippen molar-refractivity contribution in [2.24, 2.45) is 0 Å². The molecule has 1 atom stereocenters. The maximum atomic E-state index is 12.1. The van der Waals surface area contributed by atoms with E-state index in [4.69, 9.17) is 14.7 Å². The van der Waals surface area contributed by atoms with Crippen LogP contribution in [0.15, 0.2) is 48.5 Å². The molecule has 0 aliphatic carbocycles. The summed E-state index contributed by atoms with van der Waals surface area (Å²) in [7, 11) is 0. The molecule has 0 spiro atoms. The van der Waals surface area contributed by atoms with Crippen molar-refractivity contribution in [3.8, 4) is 11.8 Å². The number of anilines is 1. The maximum Gasteiger partial charge on any atom is 0.338 e. The normalized spacial score (nSPS) is 11.1. The van der Waals surface area contributed by atoms with Crippen LogP contribution in [0, 0.1) is 11.3 Å². The third-order valence-electron chi connectivity index (χ3n) is 3.31. The SMILES string of the molecule is CCOc1ccc(NC(=O)[C@@H](C)OC(=O)c2cccc(C#N)c2)cc1. The number of carbonyl (C=O) groups excluding carboxylic acids is 2. The molecule has 25 heavy (non-hydrogen) atoms. The largest absolute Gasteiger partial charge is 0.494 e. The molecule has 0 saturated heterocycles. The molecule has 128 valence electrons. The van der Waals surface area contributed by atoms with Gasteiger partial charge in [-0.05, 0) is 56.3 Å². The number of carbonyl (C=O) groups is 2. The van der Waals surface area contributed by atoms with Crippen LogP contribution in [0.25, 0.3) is 0 Å². The van der Waals surface area contributed by atoms with Crippen molar-refractivity contribution in [1.29, 1.82) is 5.26 Å². The van der Waals surface area contributed by atoms with Gasteiger partial charge in [0.25, 0.3) is 5.91 Å². The molecule has 6 nitrogen and oxygen atoms in total. The Morgan fingerprint density at radius 1 is 1.20 bits per heavy atom. The summed E-state index contributed by atoms with van der Waals surface area (Å²) in [6.45, 7) is 3.93. The van der Waals surface area contributed by atoms with E-state index in [0.29, 0.717) is 23.6 Å². The Labute approximate surface area is 146 Å². The number of amides is 1. The summed E-state index contributed by atoms with van der Waals surface area (Å²) in [5.74, 6) is -0.405. The van der Waals surface area contributed by atoms with E-state index < -0.39 is 18.0 Å². The first kappa shape index (κ1) is 18.0. The van der Waals surface area contributed by atoms with Crippen molar-refractivity contribution in [3.63, 3.8) is 0 Å². The molecule has 0 saturated carbocycles. The fourth-order valence-corrected chi connectivity index (χ4v) is 2.04. The third-order valence-corrected chi connectivity index (χ3v) is 3.31. The molecule has 0 heterocycles. The van der Waals surface area contributed by atoms with Gasteiger partial charge in [-0.25, -0.2) is 4.79 Å². The van der Waals surface area contributed by atoms with E-state index >= 15 is 0 Å². The molecule has 0 fully saturated rings. The Morgan fingerprint density at radius 3 is 2.56 bits per heavy atom. The highest BCUT2D eigenvalue weighted by Crippen LogP contribution is 2.16. The van der Waals surface area contributed by atoms with E-state index in [2.05, 4.69) is 5.32 Å². The molecule has 0 unspecified atom stereocenters. The highest BCUT2D eigenvalue weighted by atomic mass is 16.5. The highest BCUT2D eigenvalue weighted by molar-refractivity contribution is 5.97. The average molecular weight is 338 g/mol. The standard InChI is InChI=1S/C19H18N2O4/c1-3-24-17-9-7-16(8-10-17)21-18(22)13(2)25-19(23)15-6-4-5-14(11-15)12-20/h4-11,13H,3H2,1-2H3,(H,21,22)/t13-/m1/s1. The molecule has 0 radical (unpaired) electrons. The zero-order valence-corrected chi connectivity index (χ0v) is 14.0. The average Bonchev–Trinajstić information content (AvgIpc) is 2.63. The van der Waals surface area contributed by atoms with Crippen LogP contribution in [0.4, 0.5) is 5.69 Å². The Hall–Kier alpha value is -3.33. The number of nitrogens with zero attached hydrogens (tertiary/aromatic N) is 1. The summed E-state index contributed by atoms with van der Waals surface area (Å²) in [5.41, 5.74) is 1.14. The minimum Gasteiger partial charge on any atom is -0.494 e. The molecule has 1 amide bonds. The van der Waals surface area contributed by atoms with E-state index in [0.717, 1.165) is 0 Å². The lowest BCUT2D eigenvalue weighted by Crippen LogP contribution is -2.30. The number of hydrogen-bond acceptors (Lipinski definition) is 5. The first-order valence-corrected chi connectivity index (χ1v) is 7.78. The van der Waals surface area contributed by atoms with E-state index in [1.165, 1.54) is 19.1 Å². The van der Waals surface area contributed by atoms with Crippen molar-refractivity contribution in [2.45, 2.75) is 20.0 Å². The zero-order valence-electron chi connectivity index (χ0n) is 14.0. The van der Waals surface area contributed by atoms with Crippen LogP contribution in [-0.2, 0) is 9.53 Å². The van der Waals surface area contributed by atoms with Crippen LogP contribution in [0.3, 0.4) is 0 Å². The molecular weight excluding hydrogens is 320 g/mol. The van der Waals surface area contributed by atoms with Crippen LogP contribution in [-0.4, -0.2) is 24.6 Å². The topological polar surface area (TPSA) is 88.4 Å². The number of nitrogens with one attached hydrogen (secondary N) is 1. The first-order chi connectivity index (χ1) is 12.0. The van der Waals surface area contributed by atoms with Gasteiger partial charge in [-0.2, -0.15) is 5.26 Å². The molecular formula is C19H18N2O4. The quantitative estimate of drug-likeness (QED) is 0.818. The Kier molecular flexibility index (Phi) is 6.13. The van der Waals surface area contributed by atoms with Gasteiger partial charge in [-0.3, -0.25) is 4.79 Å². The number of nitriles is 1. The number of esters is 1. The van der Waals surface area contributed by atoms with Gasteiger partial charge < -0.3 is 14.8 Å². The summed E-state index contributed by atoms with van der Waals surface area (Å²) >= 11 is 0.